The van der Waals surface area contributed by atoms with Crippen LogP contribution in [-0.2, 0) is 0 Å². The number of anilines is 1. The molecule has 0 saturated carbocycles. The predicted molar refractivity (Wildman–Crippen MR) is 70.8 cm³/mol. The molecular weight excluding hydrogens is 264 g/mol. The van der Waals surface area contributed by atoms with E-state index in [1.807, 2.05) is 0 Å². The van der Waals surface area contributed by atoms with E-state index < -0.39 is 17.4 Å². The minimum absolute atomic E-state index is 0.0307. The number of benzene rings is 2. The van der Waals surface area contributed by atoms with E-state index in [0.29, 0.717) is 6.29 Å². The Bertz CT molecular complexity index is 711. The summed E-state index contributed by atoms with van der Waals surface area (Å²) in [6, 6.07) is 5.64. The van der Waals surface area contributed by atoms with Gasteiger partial charge in [0.05, 0.1) is 0 Å². The van der Waals surface area contributed by atoms with Gasteiger partial charge >= 0.3 is 0 Å². The highest BCUT2D eigenvalue weighted by Gasteiger charge is 2.20. The minimum atomic E-state index is -0.610. The number of carbonyl (C=O) groups is 2. The van der Waals surface area contributed by atoms with Gasteiger partial charge in [-0.05, 0) is 42.8 Å². The van der Waals surface area contributed by atoms with E-state index in [1.165, 1.54) is 19.1 Å². The van der Waals surface area contributed by atoms with E-state index in [0.717, 1.165) is 18.2 Å². The summed E-state index contributed by atoms with van der Waals surface area (Å²) in [5, 5.41) is 0. The summed E-state index contributed by atoms with van der Waals surface area (Å²) in [5.74, 6) is -1.79. The Hall–Kier alpha value is -2.56. The number of carbonyl (C=O) groups excluding carboxylic acids is 2. The Kier molecular flexibility index (Phi) is 3.61. The average molecular weight is 275 g/mol. The molecule has 2 rings (SSSR count). The van der Waals surface area contributed by atoms with Gasteiger partial charge in [-0.25, -0.2) is 8.78 Å². The molecule has 0 aliphatic rings. The predicted octanol–water partition coefficient (Wildman–Crippen LogP) is 2.90. The number of hydrogen-bond acceptors (Lipinski definition) is 3. The molecular formula is C15H11F2NO2. The summed E-state index contributed by atoms with van der Waals surface area (Å²) in [6.45, 7) is 1.40. The normalized spacial score (nSPS) is 10.3. The maximum atomic E-state index is 13.6. The number of ketones is 1. The summed E-state index contributed by atoms with van der Waals surface area (Å²) in [5.41, 5.74) is 5.64. The van der Waals surface area contributed by atoms with E-state index in [-0.39, 0.29) is 27.9 Å². The summed E-state index contributed by atoms with van der Waals surface area (Å²) in [7, 11) is 0. The molecule has 0 atom stereocenters. The van der Waals surface area contributed by atoms with Crippen LogP contribution in [0.1, 0.15) is 31.8 Å². The molecule has 0 saturated heterocycles. The maximum absolute atomic E-state index is 13.6. The number of nitrogens with two attached hydrogens (primary N) is 1. The van der Waals surface area contributed by atoms with E-state index >= 15 is 0 Å². The molecule has 0 heterocycles. The van der Waals surface area contributed by atoms with Crippen LogP contribution in [0.15, 0.2) is 30.3 Å². The molecule has 0 amide bonds. The zero-order valence-corrected chi connectivity index (χ0v) is 10.6. The Morgan fingerprint density at radius 2 is 1.90 bits per heavy atom. The Morgan fingerprint density at radius 3 is 2.50 bits per heavy atom. The minimum Gasteiger partial charge on any atom is -0.398 e. The van der Waals surface area contributed by atoms with Gasteiger partial charge in [0.2, 0.25) is 0 Å². The number of halogens is 2. The number of aldehydes is 1. The first-order valence-electron chi connectivity index (χ1n) is 5.79. The third-order valence-electron chi connectivity index (χ3n) is 3.04. The second-order valence-corrected chi connectivity index (χ2v) is 4.32. The summed E-state index contributed by atoms with van der Waals surface area (Å²) in [6.07, 6.45) is 0.472. The van der Waals surface area contributed by atoms with Gasteiger partial charge in [-0.3, -0.25) is 9.59 Å². The van der Waals surface area contributed by atoms with Gasteiger partial charge in [0, 0.05) is 22.4 Å². The Labute approximate surface area is 114 Å². The van der Waals surface area contributed by atoms with Crippen LogP contribution in [0.4, 0.5) is 14.5 Å². The quantitative estimate of drug-likeness (QED) is 0.532. The Morgan fingerprint density at radius 1 is 1.20 bits per heavy atom. The van der Waals surface area contributed by atoms with Gasteiger partial charge in [0.15, 0.2) is 12.1 Å². The Balaban J connectivity index is 2.64. The van der Waals surface area contributed by atoms with E-state index in [4.69, 9.17) is 5.73 Å². The van der Waals surface area contributed by atoms with Gasteiger partial charge in [0.25, 0.3) is 0 Å². The van der Waals surface area contributed by atoms with E-state index in [9.17, 15) is 18.4 Å². The molecule has 20 heavy (non-hydrogen) atoms. The molecule has 0 radical (unpaired) electrons. The van der Waals surface area contributed by atoms with Gasteiger partial charge in [0.1, 0.15) is 11.6 Å². The van der Waals surface area contributed by atoms with Crippen molar-refractivity contribution in [2.24, 2.45) is 0 Å². The standard InChI is InChI=1S/C15H11F2NO2/c1-8-12(17)5-2-9(7-19)14(8)15(20)11-4-3-10(16)6-13(11)18/h2-7H,18H2,1H3. The fraction of sp³-hybridized carbons (Fsp3) is 0.0667. The molecule has 2 aromatic rings. The van der Waals surface area contributed by atoms with Gasteiger partial charge in [-0.2, -0.15) is 0 Å². The van der Waals surface area contributed by atoms with Crippen molar-refractivity contribution < 1.29 is 18.4 Å². The summed E-state index contributed by atoms with van der Waals surface area (Å²) >= 11 is 0. The highest BCUT2D eigenvalue weighted by Crippen LogP contribution is 2.23. The maximum Gasteiger partial charge on any atom is 0.196 e. The van der Waals surface area contributed by atoms with Gasteiger partial charge in [-0.15, -0.1) is 0 Å². The number of nitrogen functional groups attached to an aromatic ring is 1. The first-order chi connectivity index (χ1) is 9.45. The molecule has 0 aliphatic heterocycles. The molecule has 2 aromatic carbocycles. The van der Waals surface area contributed by atoms with E-state index in [2.05, 4.69) is 0 Å². The molecule has 0 aliphatic carbocycles. The largest absolute Gasteiger partial charge is 0.398 e. The zero-order valence-electron chi connectivity index (χ0n) is 10.6. The van der Waals surface area contributed by atoms with Crippen LogP contribution in [0, 0.1) is 18.6 Å². The lowest BCUT2D eigenvalue weighted by atomic mass is 9.93. The first-order valence-corrected chi connectivity index (χ1v) is 5.79. The lowest BCUT2D eigenvalue weighted by Gasteiger charge is -2.10. The van der Waals surface area contributed by atoms with Crippen LogP contribution < -0.4 is 5.73 Å². The van der Waals surface area contributed by atoms with Gasteiger partial charge in [-0.1, -0.05) is 0 Å². The number of rotatable bonds is 3. The first kappa shape index (κ1) is 13.9. The van der Waals surface area contributed by atoms with E-state index in [1.54, 1.807) is 0 Å². The van der Waals surface area contributed by atoms with Crippen LogP contribution in [0.5, 0.6) is 0 Å². The molecule has 0 bridgehead atoms. The molecule has 5 heteroatoms. The summed E-state index contributed by atoms with van der Waals surface area (Å²) in [4.78, 5) is 23.4. The van der Waals surface area contributed by atoms with Crippen LogP contribution in [0.3, 0.4) is 0 Å². The van der Waals surface area contributed by atoms with Crippen molar-refractivity contribution in [1.82, 2.24) is 0 Å². The molecule has 2 N–H and O–H groups in total. The van der Waals surface area contributed by atoms with Crippen LogP contribution >= 0.6 is 0 Å². The van der Waals surface area contributed by atoms with Gasteiger partial charge < -0.3 is 5.73 Å². The van der Waals surface area contributed by atoms with Crippen molar-refractivity contribution in [3.8, 4) is 0 Å². The van der Waals surface area contributed by atoms with Crippen LogP contribution in [-0.4, -0.2) is 12.1 Å². The summed E-state index contributed by atoms with van der Waals surface area (Å²) < 4.78 is 26.6. The van der Waals surface area contributed by atoms with Crippen molar-refractivity contribution in [1.29, 1.82) is 0 Å². The third kappa shape index (κ3) is 2.30. The molecule has 0 fully saturated rings. The van der Waals surface area contributed by atoms with Crippen LogP contribution in [0.2, 0.25) is 0 Å². The molecule has 0 aromatic heterocycles. The van der Waals surface area contributed by atoms with Crippen molar-refractivity contribution in [2.45, 2.75) is 6.92 Å². The lowest BCUT2D eigenvalue weighted by molar-refractivity contribution is 0.102. The number of hydrogen-bond donors (Lipinski definition) is 1. The fourth-order valence-electron chi connectivity index (χ4n) is 1.98. The zero-order chi connectivity index (χ0) is 14.9. The monoisotopic (exact) mass is 275 g/mol. The second kappa shape index (κ2) is 5.21. The lowest BCUT2D eigenvalue weighted by Crippen LogP contribution is -2.11. The third-order valence-corrected chi connectivity index (χ3v) is 3.04. The SMILES string of the molecule is Cc1c(F)ccc(C=O)c1C(=O)c1ccc(F)cc1N. The second-order valence-electron chi connectivity index (χ2n) is 4.32. The van der Waals surface area contributed by atoms with Crippen molar-refractivity contribution in [3.63, 3.8) is 0 Å². The highest BCUT2D eigenvalue weighted by molar-refractivity contribution is 6.16. The molecule has 3 nitrogen and oxygen atoms in total. The molecule has 102 valence electrons. The smallest absolute Gasteiger partial charge is 0.196 e. The van der Waals surface area contributed by atoms with Crippen LogP contribution in [0.25, 0.3) is 0 Å². The molecule has 0 spiro atoms. The topological polar surface area (TPSA) is 60.2 Å². The average Bonchev–Trinajstić information content (AvgIpc) is 2.41. The fourth-order valence-corrected chi connectivity index (χ4v) is 1.98. The van der Waals surface area contributed by atoms with Crippen molar-refractivity contribution in [2.75, 3.05) is 5.73 Å². The molecule has 0 unspecified atom stereocenters. The van der Waals surface area contributed by atoms with Crippen molar-refractivity contribution in [3.05, 3.63) is 64.2 Å². The van der Waals surface area contributed by atoms with Crippen molar-refractivity contribution >= 4 is 17.8 Å². The highest BCUT2D eigenvalue weighted by atomic mass is 19.1.